The maximum absolute atomic E-state index is 3.17. The third-order valence-corrected chi connectivity index (χ3v) is 1.58. The molecule has 0 aromatic carbocycles. The van der Waals surface area contributed by atoms with E-state index in [1.54, 1.807) is 0 Å². The second kappa shape index (κ2) is 6.81. The molecule has 0 aromatic heterocycles. The lowest BCUT2D eigenvalue weighted by atomic mass is 10.0. The number of hydrogen-bond donors (Lipinski definition) is 0. The second-order valence-corrected chi connectivity index (χ2v) is 3.18. The Labute approximate surface area is 76.8 Å². The van der Waals surface area contributed by atoms with Gasteiger partial charge in [0.1, 0.15) is 0 Å². The van der Waals surface area contributed by atoms with Crippen molar-refractivity contribution in [1.29, 1.82) is 0 Å². The molecular weight excluding hydrogens is 144 g/mol. The first-order chi connectivity index (χ1) is 5.70. The predicted molar refractivity (Wildman–Crippen MR) is 54.5 cm³/mol. The van der Waals surface area contributed by atoms with E-state index in [4.69, 9.17) is 0 Å². The summed E-state index contributed by atoms with van der Waals surface area (Å²) in [5, 5.41) is 0. The van der Waals surface area contributed by atoms with E-state index in [-0.39, 0.29) is 0 Å². The van der Waals surface area contributed by atoms with Gasteiger partial charge in [-0.1, -0.05) is 26.7 Å². The Balaban J connectivity index is 3.88. The molecule has 0 aliphatic heterocycles. The van der Waals surface area contributed by atoms with Gasteiger partial charge in [-0.3, -0.25) is 0 Å². The molecule has 0 nitrogen and oxygen atoms in total. The Bertz CT molecular complexity index is 214. The van der Waals surface area contributed by atoms with Crippen LogP contribution in [0.4, 0.5) is 0 Å². The monoisotopic (exact) mass is 162 g/mol. The Morgan fingerprint density at radius 3 is 2.25 bits per heavy atom. The summed E-state index contributed by atoms with van der Waals surface area (Å²) in [7, 11) is 0. The van der Waals surface area contributed by atoms with Gasteiger partial charge in [-0.2, -0.15) is 0 Å². The highest BCUT2D eigenvalue weighted by Gasteiger charge is 1.97. The zero-order valence-corrected chi connectivity index (χ0v) is 8.57. The zero-order chi connectivity index (χ0) is 9.40. The van der Waals surface area contributed by atoms with Crippen LogP contribution in [0.5, 0.6) is 0 Å². The van der Waals surface area contributed by atoms with E-state index < -0.39 is 0 Å². The van der Waals surface area contributed by atoms with Crippen LogP contribution in [0.1, 0.15) is 40.5 Å². The van der Waals surface area contributed by atoms with Crippen molar-refractivity contribution < 1.29 is 0 Å². The molecule has 0 fully saturated rings. The molecule has 0 spiro atoms. The highest BCUT2D eigenvalue weighted by atomic mass is 14.0. The van der Waals surface area contributed by atoms with Crippen LogP contribution in [-0.4, -0.2) is 0 Å². The highest BCUT2D eigenvalue weighted by Crippen LogP contribution is 2.05. The molecule has 0 saturated heterocycles. The molecule has 1 atom stereocenters. The fourth-order valence-corrected chi connectivity index (χ4v) is 0.888. The lowest BCUT2D eigenvalue weighted by Crippen LogP contribution is -1.92. The molecule has 0 heteroatoms. The van der Waals surface area contributed by atoms with E-state index in [1.807, 2.05) is 6.92 Å². The Morgan fingerprint density at radius 2 is 1.83 bits per heavy atom. The van der Waals surface area contributed by atoms with E-state index in [0.717, 1.165) is 12.8 Å². The lowest BCUT2D eigenvalue weighted by Gasteiger charge is -2.00. The van der Waals surface area contributed by atoms with E-state index in [9.17, 15) is 0 Å². The van der Waals surface area contributed by atoms with Crippen molar-refractivity contribution in [1.82, 2.24) is 0 Å². The van der Waals surface area contributed by atoms with Gasteiger partial charge in [-0.15, -0.1) is 17.8 Å². The summed E-state index contributed by atoms with van der Waals surface area (Å²) in [4.78, 5) is 0. The molecule has 0 N–H and O–H groups in total. The van der Waals surface area contributed by atoms with Crippen LogP contribution in [0.2, 0.25) is 0 Å². The zero-order valence-electron chi connectivity index (χ0n) is 8.57. The molecule has 1 unspecified atom stereocenters. The fraction of sp³-hybridized carbons (Fsp3) is 0.667. The SMILES string of the molecule is CC#CC(CC)CC#CC(C)C. The van der Waals surface area contributed by atoms with Crippen LogP contribution in [0, 0.1) is 35.5 Å². The van der Waals surface area contributed by atoms with E-state index in [2.05, 4.69) is 44.5 Å². The summed E-state index contributed by atoms with van der Waals surface area (Å²) in [5.74, 6) is 13.4. The fourth-order valence-electron chi connectivity index (χ4n) is 0.888. The maximum atomic E-state index is 3.17. The summed E-state index contributed by atoms with van der Waals surface area (Å²) < 4.78 is 0. The first-order valence-corrected chi connectivity index (χ1v) is 4.61. The summed E-state index contributed by atoms with van der Waals surface area (Å²) in [6, 6.07) is 0. The first-order valence-electron chi connectivity index (χ1n) is 4.61. The van der Waals surface area contributed by atoms with E-state index in [0.29, 0.717) is 11.8 Å². The minimum atomic E-state index is 0.473. The summed E-state index contributed by atoms with van der Waals surface area (Å²) in [6.07, 6.45) is 2.03. The van der Waals surface area contributed by atoms with E-state index in [1.165, 1.54) is 0 Å². The van der Waals surface area contributed by atoms with Crippen molar-refractivity contribution in [2.24, 2.45) is 11.8 Å². The van der Waals surface area contributed by atoms with Crippen LogP contribution in [-0.2, 0) is 0 Å². The van der Waals surface area contributed by atoms with Crippen molar-refractivity contribution in [2.75, 3.05) is 0 Å². The third-order valence-electron chi connectivity index (χ3n) is 1.58. The molecule has 0 aliphatic rings. The van der Waals surface area contributed by atoms with Gasteiger partial charge in [0.05, 0.1) is 0 Å². The molecule has 0 rings (SSSR count). The highest BCUT2D eigenvalue weighted by molar-refractivity contribution is 5.09. The molecule has 0 bridgehead atoms. The smallest absolute Gasteiger partial charge is 0.0309 e. The Kier molecular flexibility index (Phi) is 6.31. The van der Waals surface area contributed by atoms with Crippen LogP contribution < -0.4 is 0 Å². The van der Waals surface area contributed by atoms with Crippen LogP contribution in [0.15, 0.2) is 0 Å². The summed E-state index contributed by atoms with van der Waals surface area (Å²) in [5.41, 5.74) is 0. The van der Waals surface area contributed by atoms with Gasteiger partial charge in [0.15, 0.2) is 0 Å². The summed E-state index contributed by atoms with van der Waals surface area (Å²) in [6.45, 7) is 8.27. The lowest BCUT2D eigenvalue weighted by molar-refractivity contribution is 0.670. The van der Waals surface area contributed by atoms with Crippen molar-refractivity contribution in [2.45, 2.75) is 40.5 Å². The molecular formula is C12H18. The van der Waals surface area contributed by atoms with Gasteiger partial charge in [0.2, 0.25) is 0 Å². The molecule has 0 aromatic rings. The molecule has 0 radical (unpaired) electrons. The third kappa shape index (κ3) is 5.87. The molecule has 0 saturated carbocycles. The van der Waals surface area contributed by atoms with Crippen LogP contribution in [0.3, 0.4) is 0 Å². The molecule has 0 heterocycles. The van der Waals surface area contributed by atoms with Crippen molar-refractivity contribution in [3.8, 4) is 23.7 Å². The predicted octanol–water partition coefficient (Wildman–Crippen LogP) is 3.09. The van der Waals surface area contributed by atoms with Crippen LogP contribution >= 0.6 is 0 Å². The normalized spacial score (nSPS) is 11.1. The van der Waals surface area contributed by atoms with Gasteiger partial charge in [-0.05, 0) is 13.3 Å². The van der Waals surface area contributed by atoms with E-state index >= 15 is 0 Å². The summed E-state index contributed by atoms with van der Waals surface area (Å²) >= 11 is 0. The van der Waals surface area contributed by atoms with Crippen molar-refractivity contribution in [3.05, 3.63) is 0 Å². The van der Waals surface area contributed by atoms with Crippen molar-refractivity contribution >= 4 is 0 Å². The second-order valence-electron chi connectivity index (χ2n) is 3.18. The molecule has 0 aliphatic carbocycles. The van der Waals surface area contributed by atoms with Crippen molar-refractivity contribution in [3.63, 3.8) is 0 Å². The standard InChI is InChI=1S/C12H18/c1-5-8-12(6-2)10-7-9-11(3)4/h11-12H,6,10H2,1-4H3. The van der Waals surface area contributed by atoms with Gasteiger partial charge in [0, 0.05) is 18.3 Å². The Morgan fingerprint density at radius 1 is 1.17 bits per heavy atom. The number of hydrogen-bond acceptors (Lipinski definition) is 0. The topological polar surface area (TPSA) is 0 Å². The molecule has 66 valence electrons. The average molecular weight is 162 g/mol. The van der Waals surface area contributed by atoms with Crippen LogP contribution in [0.25, 0.3) is 0 Å². The molecule has 0 amide bonds. The quantitative estimate of drug-likeness (QED) is 0.547. The molecule has 12 heavy (non-hydrogen) atoms. The van der Waals surface area contributed by atoms with Gasteiger partial charge in [-0.25, -0.2) is 0 Å². The number of rotatable bonds is 2. The maximum Gasteiger partial charge on any atom is 0.0309 e. The Hall–Kier alpha value is -0.880. The largest absolute Gasteiger partial charge is 0.106 e. The first kappa shape index (κ1) is 11.1. The average Bonchev–Trinajstić information content (AvgIpc) is 2.02. The minimum absolute atomic E-state index is 0.473. The van der Waals surface area contributed by atoms with Gasteiger partial charge >= 0.3 is 0 Å². The minimum Gasteiger partial charge on any atom is -0.106 e. The van der Waals surface area contributed by atoms with Gasteiger partial charge < -0.3 is 0 Å². The van der Waals surface area contributed by atoms with Gasteiger partial charge in [0.25, 0.3) is 0 Å².